The average Bonchev–Trinajstić information content (AvgIpc) is 2.73. The molecule has 0 aliphatic carbocycles. The van der Waals surface area contributed by atoms with Gasteiger partial charge in [0, 0.05) is 6.07 Å². The Morgan fingerprint density at radius 3 is 1.96 bits per heavy atom. The second-order valence-corrected chi connectivity index (χ2v) is 5.51. The van der Waals surface area contributed by atoms with Gasteiger partial charge in [0.25, 0.3) is 0 Å². The van der Waals surface area contributed by atoms with E-state index < -0.39 is 11.8 Å². The zero-order valence-electron chi connectivity index (χ0n) is 15.5. The summed E-state index contributed by atoms with van der Waals surface area (Å²) in [4.78, 5) is 12.2. The predicted octanol–water partition coefficient (Wildman–Crippen LogP) is 5.79. The van der Waals surface area contributed by atoms with Crippen molar-refractivity contribution in [3.8, 4) is 5.75 Å². The Hall–Kier alpha value is -3.14. The molecule has 0 amide bonds. The molecule has 3 aromatic carbocycles. The Labute approximate surface area is 159 Å². The van der Waals surface area contributed by atoms with Crippen LogP contribution < -0.4 is 4.74 Å². The molecular formula is C23H23FO3. The molecule has 4 heteroatoms. The maximum Gasteiger partial charge on any atom is 0.338 e. The van der Waals surface area contributed by atoms with Crippen LogP contribution in [0, 0.1) is 5.82 Å². The van der Waals surface area contributed by atoms with E-state index in [-0.39, 0.29) is 17.9 Å². The van der Waals surface area contributed by atoms with E-state index in [0.29, 0.717) is 6.61 Å². The summed E-state index contributed by atoms with van der Waals surface area (Å²) in [6.45, 7) is 4.43. The van der Waals surface area contributed by atoms with Crippen molar-refractivity contribution in [2.75, 3.05) is 0 Å². The van der Waals surface area contributed by atoms with Crippen molar-refractivity contribution in [1.82, 2.24) is 0 Å². The van der Waals surface area contributed by atoms with E-state index in [1.54, 1.807) is 0 Å². The SMILES string of the molecule is CC.O=C(OCc1ccccc1)c1cc(F)cc(OCc2ccccc2)c1. The van der Waals surface area contributed by atoms with Gasteiger partial charge in [-0.05, 0) is 23.3 Å². The molecule has 0 saturated carbocycles. The minimum atomic E-state index is -0.590. The molecule has 0 spiro atoms. The molecule has 27 heavy (non-hydrogen) atoms. The first-order chi connectivity index (χ1) is 13.2. The lowest BCUT2D eigenvalue weighted by Gasteiger charge is -2.09. The molecule has 0 bridgehead atoms. The summed E-state index contributed by atoms with van der Waals surface area (Å²) in [5.74, 6) is -0.847. The average molecular weight is 366 g/mol. The van der Waals surface area contributed by atoms with Crippen LogP contribution in [0.15, 0.2) is 78.9 Å². The van der Waals surface area contributed by atoms with Gasteiger partial charge < -0.3 is 9.47 Å². The predicted molar refractivity (Wildman–Crippen MR) is 104 cm³/mol. The number of halogens is 1. The summed E-state index contributed by atoms with van der Waals surface area (Å²) in [6.07, 6.45) is 0. The standard InChI is InChI=1S/C21H17FO3.C2H6/c22-19-11-18(21(23)25-15-17-9-5-2-6-10-17)12-20(13-19)24-14-16-7-3-1-4-8-16;1-2/h1-13H,14-15H2;1-2H3. The molecule has 0 heterocycles. The topological polar surface area (TPSA) is 35.5 Å². The summed E-state index contributed by atoms with van der Waals surface area (Å²) in [5, 5.41) is 0. The number of ether oxygens (including phenoxy) is 2. The fraction of sp³-hybridized carbons (Fsp3) is 0.174. The molecule has 0 saturated heterocycles. The molecule has 3 aromatic rings. The minimum Gasteiger partial charge on any atom is -0.489 e. The lowest BCUT2D eigenvalue weighted by Crippen LogP contribution is -2.06. The number of benzene rings is 3. The van der Waals surface area contributed by atoms with Gasteiger partial charge in [-0.1, -0.05) is 74.5 Å². The van der Waals surface area contributed by atoms with Crippen molar-refractivity contribution >= 4 is 5.97 Å². The lowest BCUT2D eigenvalue weighted by molar-refractivity contribution is 0.0471. The van der Waals surface area contributed by atoms with E-state index >= 15 is 0 Å². The van der Waals surface area contributed by atoms with Gasteiger partial charge in [0.05, 0.1) is 5.56 Å². The van der Waals surface area contributed by atoms with Crippen molar-refractivity contribution in [2.24, 2.45) is 0 Å². The van der Waals surface area contributed by atoms with E-state index in [2.05, 4.69) is 0 Å². The normalized spacial score (nSPS) is 9.74. The van der Waals surface area contributed by atoms with E-state index in [1.165, 1.54) is 12.1 Å². The summed E-state index contributed by atoms with van der Waals surface area (Å²) in [7, 11) is 0. The van der Waals surface area contributed by atoms with Gasteiger partial charge >= 0.3 is 5.97 Å². The Morgan fingerprint density at radius 2 is 1.37 bits per heavy atom. The molecule has 0 radical (unpaired) electrons. The van der Waals surface area contributed by atoms with Crippen LogP contribution in [-0.4, -0.2) is 5.97 Å². The van der Waals surface area contributed by atoms with E-state index in [4.69, 9.17) is 9.47 Å². The van der Waals surface area contributed by atoms with Gasteiger partial charge in [-0.25, -0.2) is 9.18 Å². The van der Waals surface area contributed by atoms with Crippen LogP contribution in [0.4, 0.5) is 4.39 Å². The van der Waals surface area contributed by atoms with E-state index in [9.17, 15) is 9.18 Å². The van der Waals surface area contributed by atoms with Crippen LogP contribution >= 0.6 is 0 Å². The van der Waals surface area contributed by atoms with Gasteiger partial charge in [0.1, 0.15) is 24.8 Å². The zero-order chi connectivity index (χ0) is 19.5. The minimum absolute atomic E-state index is 0.124. The molecule has 3 nitrogen and oxygen atoms in total. The molecule has 0 aliphatic heterocycles. The Bertz CT molecular complexity index is 833. The third-order valence-corrected chi connectivity index (χ3v) is 3.57. The Balaban J connectivity index is 0.00000126. The van der Waals surface area contributed by atoms with Crippen LogP contribution in [0.3, 0.4) is 0 Å². The van der Waals surface area contributed by atoms with Gasteiger partial charge in [-0.3, -0.25) is 0 Å². The lowest BCUT2D eigenvalue weighted by atomic mass is 10.2. The smallest absolute Gasteiger partial charge is 0.338 e. The zero-order valence-corrected chi connectivity index (χ0v) is 15.5. The molecule has 3 rings (SSSR count). The third kappa shape index (κ3) is 6.59. The second-order valence-electron chi connectivity index (χ2n) is 5.51. The first-order valence-corrected chi connectivity index (χ1v) is 8.89. The van der Waals surface area contributed by atoms with Crippen LogP contribution in [0.5, 0.6) is 5.75 Å². The molecule has 0 N–H and O–H groups in total. The monoisotopic (exact) mass is 366 g/mol. The first kappa shape index (κ1) is 20.2. The Kier molecular flexibility index (Phi) is 8.04. The quantitative estimate of drug-likeness (QED) is 0.518. The number of hydrogen-bond acceptors (Lipinski definition) is 3. The second kappa shape index (κ2) is 10.8. The highest BCUT2D eigenvalue weighted by molar-refractivity contribution is 5.89. The van der Waals surface area contributed by atoms with Crippen molar-refractivity contribution < 1.29 is 18.7 Å². The molecule has 0 aromatic heterocycles. The number of hydrogen-bond donors (Lipinski definition) is 0. The molecular weight excluding hydrogens is 343 g/mol. The molecule has 0 aliphatic rings. The summed E-state index contributed by atoms with van der Waals surface area (Å²) in [5.41, 5.74) is 1.95. The summed E-state index contributed by atoms with van der Waals surface area (Å²) >= 11 is 0. The number of carbonyl (C=O) groups is 1. The van der Waals surface area contributed by atoms with Crippen molar-refractivity contribution in [1.29, 1.82) is 0 Å². The van der Waals surface area contributed by atoms with Crippen LogP contribution in [0.1, 0.15) is 35.3 Å². The number of carbonyl (C=O) groups excluding carboxylic acids is 1. The third-order valence-electron chi connectivity index (χ3n) is 3.57. The fourth-order valence-corrected chi connectivity index (χ4v) is 2.31. The maximum absolute atomic E-state index is 13.8. The number of esters is 1. The first-order valence-electron chi connectivity index (χ1n) is 8.89. The van der Waals surface area contributed by atoms with Crippen LogP contribution in [0.2, 0.25) is 0 Å². The highest BCUT2D eigenvalue weighted by Gasteiger charge is 2.11. The number of rotatable bonds is 6. The van der Waals surface area contributed by atoms with Crippen LogP contribution in [0.25, 0.3) is 0 Å². The van der Waals surface area contributed by atoms with Crippen LogP contribution in [-0.2, 0) is 18.0 Å². The van der Waals surface area contributed by atoms with Crippen molar-refractivity contribution in [2.45, 2.75) is 27.1 Å². The fourth-order valence-electron chi connectivity index (χ4n) is 2.31. The van der Waals surface area contributed by atoms with Crippen molar-refractivity contribution in [3.63, 3.8) is 0 Å². The van der Waals surface area contributed by atoms with E-state index in [0.717, 1.165) is 17.2 Å². The molecule has 0 unspecified atom stereocenters. The van der Waals surface area contributed by atoms with Gasteiger partial charge in [0.15, 0.2) is 0 Å². The van der Waals surface area contributed by atoms with Crippen molar-refractivity contribution in [3.05, 3.63) is 101 Å². The van der Waals surface area contributed by atoms with E-state index in [1.807, 2.05) is 74.5 Å². The highest BCUT2D eigenvalue weighted by Crippen LogP contribution is 2.19. The van der Waals surface area contributed by atoms with Gasteiger partial charge in [-0.2, -0.15) is 0 Å². The summed E-state index contributed by atoms with van der Waals surface area (Å²) < 4.78 is 24.6. The van der Waals surface area contributed by atoms with Gasteiger partial charge in [0.2, 0.25) is 0 Å². The Morgan fingerprint density at radius 1 is 0.815 bits per heavy atom. The molecule has 140 valence electrons. The molecule has 0 atom stereocenters. The van der Waals surface area contributed by atoms with Gasteiger partial charge in [-0.15, -0.1) is 0 Å². The maximum atomic E-state index is 13.8. The summed E-state index contributed by atoms with van der Waals surface area (Å²) in [6, 6.07) is 22.7. The molecule has 0 fully saturated rings. The highest BCUT2D eigenvalue weighted by atomic mass is 19.1. The largest absolute Gasteiger partial charge is 0.489 e.